The molecule has 0 amide bonds. The van der Waals surface area contributed by atoms with E-state index in [1.165, 1.54) is 32.5 Å². The van der Waals surface area contributed by atoms with Crippen LogP contribution in [0.2, 0.25) is 0 Å². The first kappa shape index (κ1) is 9.47. The van der Waals surface area contributed by atoms with E-state index in [0.29, 0.717) is 0 Å². The lowest BCUT2D eigenvalue weighted by Crippen LogP contribution is -2.54. The Labute approximate surface area is 81.9 Å². The molecule has 1 aliphatic heterocycles. The normalized spacial score (nSPS) is 32.8. The zero-order valence-corrected chi connectivity index (χ0v) is 9.16. The largest absolute Gasteiger partial charge is 0.301 e. The maximum atomic E-state index is 2.63. The van der Waals surface area contributed by atoms with Crippen LogP contribution in [0.25, 0.3) is 0 Å². The van der Waals surface area contributed by atoms with E-state index in [-0.39, 0.29) is 0 Å². The van der Waals surface area contributed by atoms with Gasteiger partial charge in [-0.3, -0.25) is 4.90 Å². The van der Waals surface area contributed by atoms with Crippen LogP contribution in [-0.4, -0.2) is 48.6 Å². The molecule has 0 bridgehead atoms. The predicted octanol–water partition coefficient (Wildman–Crippen LogP) is 1.42. The van der Waals surface area contributed by atoms with Crippen molar-refractivity contribution in [1.29, 1.82) is 0 Å². The molecule has 0 unspecified atom stereocenters. The van der Waals surface area contributed by atoms with Gasteiger partial charge in [-0.05, 0) is 39.7 Å². The fraction of sp³-hybridized carbons (Fsp3) is 1.00. The quantitative estimate of drug-likeness (QED) is 0.637. The molecule has 2 rings (SSSR count). The van der Waals surface area contributed by atoms with Crippen LogP contribution in [0, 0.1) is 5.92 Å². The molecule has 2 fully saturated rings. The molecule has 76 valence electrons. The summed E-state index contributed by atoms with van der Waals surface area (Å²) in [6.45, 7) is 8.46. The third-order valence-electron chi connectivity index (χ3n) is 3.62. The molecule has 1 aliphatic carbocycles. The minimum Gasteiger partial charge on any atom is -0.301 e. The lowest BCUT2D eigenvalue weighted by Gasteiger charge is -2.41. The molecule has 1 atom stereocenters. The molecule has 0 aromatic carbocycles. The number of hydrogen-bond acceptors (Lipinski definition) is 2. The van der Waals surface area contributed by atoms with Gasteiger partial charge >= 0.3 is 0 Å². The van der Waals surface area contributed by atoms with Crippen molar-refractivity contribution >= 4 is 0 Å². The minimum absolute atomic E-state index is 0.731. The van der Waals surface area contributed by atoms with Crippen LogP contribution < -0.4 is 0 Å². The van der Waals surface area contributed by atoms with Gasteiger partial charge in [-0.25, -0.2) is 0 Å². The Hall–Kier alpha value is -0.0800. The predicted molar refractivity (Wildman–Crippen MR) is 55.9 cm³/mol. The van der Waals surface area contributed by atoms with E-state index < -0.39 is 0 Å². The van der Waals surface area contributed by atoms with Crippen molar-refractivity contribution in [2.75, 3.05) is 26.7 Å². The van der Waals surface area contributed by atoms with E-state index in [0.717, 1.165) is 18.0 Å². The average Bonchev–Trinajstić information content (AvgIpc) is 2.87. The maximum absolute atomic E-state index is 2.63. The van der Waals surface area contributed by atoms with Crippen LogP contribution in [-0.2, 0) is 0 Å². The van der Waals surface area contributed by atoms with Gasteiger partial charge < -0.3 is 4.90 Å². The van der Waals surface area contributed by atoms with E-state index in [9.17, 15) is 0 Å². The molecule has 0 radical (unpaired) electrons. The number of rotatable bonds is 2. The van der Waals surface area contributed by atoms with Gasteiger partial charge in [0, 0.05) is 31.7 Å². The first-order valence-electron chi connectivity index (χ1n) is 5.63. The Kier molecular flexibility index (Phi) is 2.61. The molecule has 13 heavy (non-hydrogen) atoms. The lowest BCUT2D eigenvalue weighted by molar-refractivity contribution is 0.0642. The van der Waals surface area contributed by atoms with Crippen molar-refractivity contribution in [3.63, 3.8) is 0 Å². The molecule has 2 nitrogen and oxygen atoms in total. The maximum Gasteiger partial charge on any atom is 0.0249 e. The van der Waals surface area contributed by atoms with Gasteiger partial charge in [-0.2, -0.15) is 0 Å². The Bertz CT molecular complexity index is 175. The molecular weight excluding hydrogens is 160 g/mol. The van der Waals surface area contributed by atoms with Crippen LogP contribution in [0.3, 0.4) is 0 Å². The van der Waals surface area contributed by atoms with Gasteiger partial charge in [0.2, 0.25) is 0 Å². The van der Waals surface area contributed by atoms with E-state index in [1.807, 2.05) is 0 Å². The van der Waals surface area contributed by atoms with Crippen molar-refractivity contribution in [3.05, 3.63) is 0 Å². The first-order valence-corrected chi connectivity index (χ1v) is 5.63. The second kappa shape index (κ2) is 3.58. The Morgan fingerprint density at radius 3 is 2.38 bits per heavy atom. The second-order valence-electron chi connectivity index (χ2n) is 4.97. The number of piperazine rings is 1. The van der Waals surface area contributed by atoms with E-state index in [1.54, 1.807) is 0 Å². The van der Waals surface area contributed by atoms with Crippen molar-refractivity contribution in [2.45, 2.75) is 38.8 Å². The number of nitrogens with zero attached hydrogens (tertiary/aromatic N) is 2. The average molecular weight is 182 g/mol. The van der Waals surface area contributed by atoms with Crippen LogP contribution in [0.1, 0.15) is 26.7 Å². The van der Waals surface area contributed by atoms with Gasteiger partial charge in [0.05, 0.1) is 0 Å². The molecule has 2 aliphatic rings. The summed E-state index contributed by atoms with van der Waals surface area (Å²) >= 11 is 0. The van der Waals surface area contributed by atoms with Crippen LogP contribution in [0.4, 0.5) is 0 Å². The lowest BCUT2D eigenvalue weighted by atomic mass is 10.1. The topological polar surface area (TPSA) is 6.48 Å². The van der Waals surface area contributed by atoms with Crippen LogP contribution >= 0.6 is 0 Å². The summed E-state index contributed by atoms with van der Waals surface area (Å²) in [5, 5.41) is 0. The van der Waals surface area contributed by atoms with Gasteiger partial charge in [0.25, 0.3) is 0 Å². The first-order chi connectivity index (χ1) is 6.18. The third kappa shape index (κ3) is 2.05. The van der Waals surface area contributed by atoms with Crippen molar-refractivity contribution in [1.82, 2.24) is 9.80 Å². The molecule has 0 N–H and O–H groups in total. The summed E-state index contributed by atoms with van der Waals surface area (Å²) in [6, 6.07) is 1.59. The fourth-order valence-electron chi connectivity index (χ4n) is 2.38. The molecule has 1 saturated carbocycles. The second-order valence-corrected chi connectivity index (χ2v) is 4.97. The van der Waals surface area contributed by atoms with E-state index in [2.05, 4.69) is 30.7 Å². The molecule has 0 aromatic rings. The van der Waals surface area contributed by atoms with Crippen LogP contribution in [0.15, 0.2) is 0 Å². The Balaban J connectivity index is 1.92. The van der Waals surface area contributed by atoms with Gasteiger partial charge in [-0.1, -0.05) is 0 Å². The number of likely N-dealkylation sites (N-methyl/N-ethyl adjacent to an activating group) is 1. The summed E-state index contributed by atoms with van der Waals surface area (Å²) in [5.74, 6) is 1.02. The van der Waals surface area contributed by atoms with Crippen molar-refractivity contribution in [2.24, 2.45) is 5.92 Å². The highest BCUT2D eigenvalue weighted by atomic mass is 15.3. The molecule has 0 spiro atoms. The molecule has 2 heteroatoms. The highest BCUT2D eigenvalue weighted by Gasteiger charge is 2.37. The zero-order chi connectivity index (χ0) is 9.42. The van der Waals surface area contributed by atoms with Crippen molar-refractivity contribution in [3.8, 4) is 0 Å². The summed E-state index contributed by atoms with van der Waals surface area (Å²) in [4.78, 5) is 5.19. The molecule has 1 saturated heterocycles. The highest BCUT2D eigenvalue weighted by Crippen LogP contribution is 2.36. The monoisotopic (exact) mass is 182 g/mol. The smallest absolute Gasteiger partial charge is 0.0249 e. The van der Waals surface area contributed by atoms with Gasteiger partial charge in [0.1, 0.15) is 0 Å². The summed E-state index contributed by atoms with van der Waals surface area (Å²) in [7, 11) is 2.29. The molecule has 0 aromatic heterocycles. The SMILES string of the molecule is CC(C)N1CCN(C)[C@@H](C2CC2)C1. The standard InChI is InChI=1S/C11H22N2/c1-9(2)13-7-6-12(3)11(8-13)10-4-5-10/h9-11H,4-8H2,1-3H3/t11-/m1/s1. The molecular formula is C11H22N2. The fourth-order valence-corrected chi connectivity index (χ4v) is 2.38. The Morgan fingerprint density at radius 1 is 1.15 bits per heavy atom. The van der Waals surface area contributed by atoms with E-state index in [4.69, 9.17) is 0 Å². The van der Waals surface area contributed by atoms with E-state index >= 15 is 0 Å². The molecule has 1 heterocycles. The summed E-state index contributed by atoms with van der Waals surface area (Å²) in [6.07, 6.45) is 2.95. The third-order valence-corrected chi connectivity index (χ3v) is 3.62. The summed E-state index contributed by atoms with van der Waals surface area (Å²) < 4.78 is 0. The van der Waals surface area contributed by atoms with Crippen molar-refractivity contribution < 1.29 is 0 Å². The minimum atomic E-state index is 0.731. The Morgan fingerprint density at radius 2 is 1.85 bits per heavy atom. The van der Waals surface area contributed by atoms with Crippen LogP contribution in [0.5, 0.6) is 0 Å². The van der Waals surface area contributed by atoms with Gasteiger partial charge in [-0.15, -0.1) is 0 Å². The zero-order valence-electron chi connectivity index (χ0n) is 9.16. The summed E-state index contributed by atoms with van der Waals surface area (Å²) in [5.41, 5.74) is 0. The number of hydrogen-bond donors (Lipinski definition) is 0. The van der Waals surface area contributed by atoms with Gasteiger partial charge in [0.15, 0.2) is 0 Å². The highest BCUT2D eigenvalue weighted by molar-refractivity contribution is 4.92.